The molecule has 0 aliphatic heterocycles. The summed E-state index contributed by atoms with van der Waals surface area (Å²) in [6, 6.07) is 4.92. The van der Waals surface area contributed by atoms with Gasteiger partial charge in [-0.05, 0) is 49.4 Å². The smallest absolute Gasteiger partial charge is 0.165 e. The van der Waals surface area contributed by atoms with E-state index in [0.717, 1.165) is 31.4 Å². The van der Waals surface area contributed by atoms with Crippen LogP contribution in [0, 0.1) is 5.82 Å². The van der Waals surface area contributed by atoms with E-state index in [0.29, 0.717) is 12.6 Å². The number of halogens is 1. The van der Waals surface area contributed by atoms with Crippen LogP contribution in [0.1, 0.15) is 30.2 Å². The van der Waals surface area contributed by atoms with Gasteiger partial charge >= 0.3 is 0 Å². The molecule has 0 spiro atoms. The molecule has 1 aromatic heterocycles. The molecule has 1 heterocycles. The van der Waals surface area contributed by atoms with E-state index < -0.39 is 5.82 Å². The molecule has 1 aliphatic carbocycles. The molecule has 1 aromatic carbocycles. The molecule has 0 radical (unpaired) electrons. The Balaban J connectivity index is 1.61. The van der Waals surface area contributed by atoms with E-state index in [1.54, 1.807) is 6.07 Å². The van der Waals surface area contributed by atoms with E-state index in [9.17, 15) is 9.50 Å². The maximum absolute atomic E-state index is 13.3. The molecule has 1 aliphatic rings. The summed E-state index contributed by atoms with van der Waals surface area (Å²) < 4.78 is 15.4. The van der Waals surface area contributed by atoms with Crippen LogP contribution in [0.5, 0.6) is 5.75 Å². The summed E-state index contributed by atoms with van der Waals surface area (Å²) in [4.78, 5) is 0. The number of aryl methyl sites for hydroxylation is 1. The SMILES string of the molecule is CCn1ncc2c1CCC(NCc1ccc(O)c(F)c1)C2. The molecule has 4 nitrogen and oxygen atoms in total. The van der Waals surface area contributed by atoms with Crippen molar-refractivity contribution in [3.05, 3.63) is 47.0 Å². The molecule has 3 rings (SSSR count). The average molecular weight is 289 g/mol. The van der Waals surface area contributed by atoms with Crippen molar-refractivity contribution in [2.24, 2.45) is 0 Å². The van der Waals surface area contributed by atoms with Crippen LogP contribution in [0.4, 0.5) is 4.39 Å². The summed E-state index contributed by atoms with van der Waals surface area (Å²) in [5, 5.41) is 17.1. The molecule has 5 heteroatoms. The van der Waals surface area contributed by atoms with Crippen LogP contribution in [0.25, 0.3) is 0 Å². The van der Waals surface area contributed by atoms with Crippen molar-refractivity contribution in [3.8, 4) is 5.75 Å². The van der Waals surface area contributed by atoms with Crippen molar-refractivity contribution in [1.29, 1.82) is 0 Å². The van der Waals surface area contributed by atoms with Crippen molar-refractivity contribution < 1.29 is 9.50 Å². The monoisotopic (exact) mass is 289 g/mol. The van der Waals surface area contributed by atoms with Crippen LogP contribution in [-0.2, 0) is 25.9 Å². The summed E-state index contributed by atoms with van der Waals surface area (Å²) in [7, 11) is 0. The highest BCUT2D eigenvalue weighted by atomic mass is 19.1. The van der Waals surface area contributed by atoms with Crippen LogP contribution in [0.3, 0.4) is 0 Å². The van der Waals surface area contributed by atoms with Crippen molar-refractivity contribution in [1.82, 2.24) is 15.1 Å². The zero-order valence-electron chi connectivity index (χ0n) is 12.1. The number of benzene rings is 1. The number of aromatic nitrogens is 2. The Bertz CT molecular complexity index is 638. The maximum atomic E-state index is 13.3. The molecule has 0 saturated heterocycles. The van der Waals surface area contributed by atoms with Crippen LogP contribution in [0.15, 0.2) is 24.4 Å². The van der Waals surface area contributed by atoms with E-state index in [4.69, 9.17) is 0 Å². The lowest BCUT2D eigenvalue weighted by Crippen LogP contribution is -2.34. The topological polar surface area (TPSA) is 50.1 Å². The molecule has 21 heavy (non-hydrogen) atoms. The van der Waals surface area contributed by atoms with E-state index >= 15 is 0 Å². The Morgan fingerprint density at radius 1 is 1.48 bits per heavy atom. The summed E-state index contributed by atoms with van der Waals surface area (Å²) >= 11 is 0. The first kappa shape index (κ1) is 14.1. The second-order valence-electron chi connectivity index (χ2n) is 5.54. The Labute approximate surface area is 123 Å². The van der Waals surface area contributed by atoms with Crippen molar-refractivity contribution >= 4 is 0 Å². The summed E-state index contributed by atoms with van der Waals surface area (Å²) in [5.41, 5.74) is 3.52. The number of hydrogen-bond acceptors (Lipinski definition) is 3. The van der Waals surface area contributed by atoms with Crippen LogP contribution >= 0.6 is 0 Å². The fraction of sp³-hybridized carbons (Fsp3) is 0.438. The quantitative estimate of drug-likeness (QED) is 0.908. The Kier molecular flexibility index (Phi) is 3.92. The van der Waals surface area contributed by atoms with Gasteiger partial charge in [0.1, 0.15) is 0 Å². The molecule has 2 N–H and O–H groups in total. The molecule has 0 bridgehead atoms. The first-order valence-corrected chi connectivity index (χ1v) is 7.41. The fourth-order valence-electron chi connectivity index (χ4n) is 2.96. The third-order valence-electron chi connectivity index (χ3n) is 4.14. The van der Waals surface area contributed by atoms with Gasteiger partial charge in [-0.3, -0.25) is 4.68 Å². The molecular formula is C16H20FN3O. The largest absolute Gasteiger partial charge is 0.505 e. The summed E-state index contributed by atoms with van der Waals surface area (Å²) in [5.74, 6) is -0.863. The lowest BCUT2D eigenvalue weighted by Gasteiger charge is -2.24. The highest BCUT2D eigenvalue weighted by molar-refractivity contribution is 5.28. The number of fused-ring (bicyclic) bond motifs is 1. The number of aromatic hydroxyl groups is 1. The average Bonchev–Trinajstić information content (AvgIpc) is 2.90. The minimum atomic E-state index is -0.565. The van der Waals surface area contributed by atoms with Gasteiger partial charge < -0.3 is 10.4 Å². The predicted octanol–water partition coefficient (Wildman–Crippen LogP) is 2.39. The second kappa shape index (κ2) is 5.85. The second-order valence-corrected chi connectivity index (χ2v) is 5.54. The van der Waals surface area contributed by atoms with E-state index in [2.05, 4.69) is 22.0 Å². The van der Waals surface area contributed by atoms with Crippen molar-refractivity contribution in [2.45, 2.75) is 45.3 Å². The summed E-state index contributed by atoms with van der Waals surface area (Å²) in [6.45, 7) is 3.64. The van der Waals surface area contributed by atoms with Gasteiger partial charge in [-0.2, -0.15) is 5.10 Å². The standard InChI is InChI=1S/C16H20FN3O/c1-2-20-15-5-4-13(8-12(15)10-19-20)18-9-11-3-6-16(21)14(17)7-11/h3,6-7,10,13,18,21H,2,4-5,8-9H2,1H3. The number of phenols is 1. The highest BCUT2D eigenvalue weighted by Crippen LogP contribution is 2.22. The molecule has 0 saturated carbocycles. The number of hydrogen-bond donors (Lipinski definition) is 2. The zero-order chi connectivity index (χ0) is 14.8. The molecule has 1 unspecified atom stereocenters. The molecule has 2 aromatic rings. The van der Waals surface area contributed by atoms with Gasteiger partial charge in [0.25, 0.3) is 0 Å². The van der Waals surface area contributed by atoms with E-state index in [1.165, 1.54) is 23.4 Å². The van der Waals surface area contributed by atoms with Crippen molar-refractivity contribution in [2.75, 3.05) is 0 Å². The van der Waals surface area contributed by atoms with E-state index in [1.807, 2.05) is 6.20 Å². The molecule has 1 atom stereocenters. The highest BCUT2D eigenvalue weighted by Gasteiger charge is 2.21. The van der Waals surface area contributed by atoms with Crippen molar-refractivity contribution in [3.63, 3.8) is 0 Å². The molecule has 112 valence electrons. The van der Waals surface area contributed by atoms with Crippen LogP contribution in [-0.4, -0.2) is 20.9 Å². The number of nitrogens with zero attached hydrogens (tertiary/aromatic N) is 2. The van der Waals surface area contributed by atoms with Gasteiger partial charge in [-0.1, -0.05) is 6.07 Å². The lowest BCUT2D eigenvalue weighted by atomic mass is 9.93. The third kappa shape index (κ3) is 2.93. The van der Waals surface area contributed by atoms with Crippen LogP contribution < -0.4 is 5.32 Å². The fourth-order valence-corrected chi connectivity index (χ4v) is 2.96. The predicted molar refractivity (Wildman–Crippen MR) is 78.6 cm³/mol. The normalized spacial score (nSPS) is 17.7. The van der Waals surface area contributed by atoms with Gasteiger partial charge in [-0.25, -0.2) is 4.39 Å². The van der Waals surface area contributed by atoms with Gasteiger partial charge in [-0.15, -0.1) is 0 Å². The molecule has 0 amide bonds. The Hall–Kier alpha value is -1.88. The third-order valence-corrected chi connectivity index (χ3v) is 4.14. The van der Waals surface area contributed by atoms with Gasteiger partial charge in [0.05, 0.1) is 6.20 Å². The molecular weight excluding hydrogens is 269 g/mol. The lowest BCUT2D eigenvalue weighted by molar-refractivity contribution is 0.428. The number of rotatable bonds is 4. The molecule has 0 fully saturated rings. The van der Waals surface area contributed by atoms with E-state index in [-0.39, 0.29) is 5.75 Å². The Morgan fingerprint density at radius 3 is 3.10 bits per heavy atom. The zero-order valence-corrected chi connectivity index (χ0v) is 12.1. The number of nitrogens with one attached hydrogen (secondary N) is 1. The van der Waals surface area contributed by atoms with Gasteiger partial charge in [0.15, 0.2) is 11.6 Å². The summed E-state index contributed by atoms with van der Waals surface area (Å²) in [6.07, 6.45) is 5.03. The van der Waals surface area contributed by atoms with Crippen LogP contribution in [0.2, 0.25) is 0 Å². The minimum Gasteiger partial charge on any atom is -0.505 e. The maximum Gasteiger partial charge on any atom is 0.165 e. The first-order valence-electron chi connectivity index (χ1n) is 7.41. The van der Waals surface area contributed by atoms with Gasteiger partial charge in [0, 0.05) is 24.8 Å². The minimum absolute atomic E-state index is 0.298. The first-order chi connectivity index (χ1) is 10.2. The van der Waals surface area contributed by atoms with Gasteiger partial charge in [0.2, 0.25) is 0 Å². The number of phenolic OH excluding ortho intramolecular Hbond substituents is 1. The Morgan fingerprint density at radius 2 is 2.33 bits per heavy atom.